The number of rotatable bonds is 34. The van der Waals surface area contributed by atoms with Crippen molar-refractivity contribution in [2.45, 2.75) is 135 Å². The SMILES string of the molecule is CC/C=C\C/C=C\C/C=C\C/C=C\C/C=C\CC(=O)OC(COCCC(C(=O)O)[N+](C)(C)C)COC(=O)CCCCCCC/C=C\C/C=C\C/C=C\CC. The Labute approximate surface area is 328 Å². The minimum atomic E-state index is -0.897. The maximum absolute atomic E-state index is 12.6. The lowest BCUT2D eigenvalue weighted by atomic mass is 10.1. The Balaban J connectivity index is 4.58. The van der Waals surface area contributed by atoms with Gasteiger partial charge < -0.3 is 23.8 Å². The Morgan fingerprint density at radius 1 is 0.574 bits per heavy atom. The average molecular weight is 753 g/mol. The van der Waals surface area contributed by atoms with E-state index in [-0.39, 0.29) is 36.7 Å². The van der Waals surface area contributed by atoms with Crippen LogP contribution in [-0.4, -0.2) is 80.6 Å². The van der Waals surface area contributed by atoms with E-state index in [1.54, 1.807) is 6.08 Å². The van der Waals surface area contributed by atoms with Gasteiger partial charge in [0.05, 0.1) is 40.8 Å². The molecule has 0 aromatic heterocycles. The zero-order valence-electron chi connectivity index (χ0n) is 34.4. The molecule has 0 heterocycles. The van der Waals surface area contributed by atoms with Crippen LogP contribution in [0.2, 0.25) is 0 Å². The number of hydrogen-bond donors (Lipinski definition) is 1. The van der Waals surface area contributed by atoms with Crippen LogP contribution in [0.5, 0.6) is 0 Å². The summed E-state index contributed by atoms with van der Waals surface area (Å²) in [6.45, 7) is 4.35. The van der Waals surface area contributed by atoms with E-state index in [9.17, 15) is 19.5 Å². The fourth-order valence-electron chi connectivity index (χ4n) is 5.18. The van der Waals surface area contributed by atoms with Crippen molar-refractivity contribution in [2.75, 3.05) is 41.0 Å². The van der Waals surface area contributed by atoms with E-state index in [1.165, 1.54) is 0 Å². The van der Waals surface area contributed by atoms with Gasteiger partial charge in [-0.15, -0.1) is 0 Å². The molecule has 0 spiro atoms. The molecule has 0 fully saturated rings. The van der Waals surface area contributed by atoms with Gasteiger partial charge in [-0.2, -0.15) is 0 Å². The molecule has 0 rings (SSSR count). The molecule has 304 valence electrons. The van der Waals surface area contributed by atoms with E-state index in [0.29, 0.717) is 19.3 Å². The maximum atomic E-state index is 12.6. The van der Waals surface area contributed by atoms with Crippen LogP contribution in [0.1, 0.15) is 123 Å². The lowest BCUT2D eigenvalue weighted by Crippen LogP contribution is -2.50. The van der Waals surface area contributed by atoms with Crippen molar-refractivity contribution in [3.05, 3.63) is 97.2 Å². The monoisotopic (exact) mass is 753 g/mol. The fraction of sp³-hybridized carbons (Fsp3) is 0.587. The van der Waals surface area contributed by atoms with Gasteiger partial charge in [-0.3, -0.25) is 9.59 Å². The van der Waals surface area contributed by atoms with Crippen molar-refractivity contribution in [3.8, 4) is 0 Å². The largest absolute Gasteiger partial charge is 0.477 e. The van der Waals surface area contributed by atoms with Crippen LogP contribution in [0.3, 0.4) is 0 Å². The number of ether oxygens (including phenoxy) is 3. The normalized spacial score (nSPS) is 14.0. The Kier molecular flexibility index (Phi) is 33.7. The number of carbonyl (C=O) groups excluding carboxylic acids is 2. The first-order valence-corrected chi connectivity index (χ1v) is 20.3. The van der Waals surface area contributed by atoms with E-state index < -0.39 is 24.1 Å². The third kappa shape index (κ3) is 34.0. The number of nitrogens with zero attached hydrogens (tertiary/aromatic N) is 1. The number of carboxylic acids is 1. The molecule has 0 radical (unpaired) electrons. The molecule has 0 saturated carbocycles. The number of carboxylic acid groups (broad SMARTS) is 1. The van der Waals surface area contributed by atoms with Crippen LogP contribution in [0, 0.1) is 0 Å². The van der Waals surface area contributed by atoms with Crippen molar-refractivity contribution in [1.82, 2.24) is 0 Å². The number of esters is 2. The van der Waals surface area contributed by atoms with E-state index in [2.05, 4.69) is 98.9 Å². The average Bonchev–Trinajstić information content (AvgIpc) is 3.12. The fourth-order valence-corrected chi connectivity index (χ4v) is 5.18. The Morgan fingerprint density at radius 3 is 1.54 bits per heavy atom. The number of allylic oxidation sites excluding steroid dienone is 15. The summed E-state index contributed by atoms with van der Waals surface area (Å²) in [7, 11) is 5.47. The molecule has 2 unspecified atom stereocenters. The molecule has 0 aliphatic rings. The molecule has 0 saturated heterocycles. The van der Waals surface area contributed by atoms with E-state index >= 15 is 0 Å². The highest BCUT2D eigenvalue weighted by Gasteiger charge is 2.31. The number of quaternary nitrogens is 1. The summed E-state index contributed by atoms with van der Waals surface area (Å²) in [6, 6.07) is -0.638. The predicted molar refractivity (Wildman–Crippen MR) is 224 cm³/mol. The van der Waals surface area contributed by atoms with Crippen molar-refractivity contribution in [1.29, 1.82) is 0 Å². The molecular weight excluding hydrogens is 679 g/mol. The Morgan fingerprint density at radius 2 is 1.04 bits per heavy atom. The minimum absolute atomic E-state index is 0.00913. The second-order valence-corrected chi connectivity index (χ2v) is 14.1. The second-order valence-electron chi connectivity index (χ2n) is 14.1. The first-order valence-electron chi connectivity index (χ1n) is 20.3. The van der Waals surface area contributed by atoms with Crippen molar-refractivity contribution < 1.29 is 38.2 Å². The van der Waals surface area contributed by atoms with Gasteiger partial charge in [-0.25, -0.2) is 4.79 Å². The number of hydrogen-bond acceptors (Lipinski definition) is 6. The first kappa shape index (κ1) is 50.2. The molecule has 0 aromatic rings. The number of unbranched alkanes of at least 4 members (excludes halogenated alkanes) is 5. The van der Waals surface area contributed by atoms with Crippen molar-refractivity contribution in [3.63, 3.8) is 0 Å². The van der Waals surface area contributed by atoms with Crippen LogP contribution < -0.4 is 0 Å². The maximum Gasteiger partial charge on any atom is 0.362 e. The van der Waals surface area contributed by atoms with Gasteiger partial charge in [0.25, 0.3) is 0 Å². The van der Waals surface area contributed by atoms with Crippen molar-refractivity contribution >= 4 is 17.9 Å². The molecule has 0 aliphatic carbocycles. The summed E-state index contributed by atoms with van der Waals surface area (Å²) in [5.41, 5.74) is 0. The minimum Gasteiger partial charge on any atom is -0.477 e. The smallest absolute Gasteiger partial charge is 0.362 e. The van der Waals surface area contributed by atoms with Gasteiger partial charge in [0.15, 0.2) is 12.1 Å². The zero-order chi connectivity index (χ0) is 40.0. The second kappa shape index (κ2) is 36.2. The molecular formula is C46H74NO7+. The van der Waals surface area contributed by atoms with Crippen LogP contribution in [-0.2, 0) is 28.6 Å². The van der Waals surface area contributed by atoms with Gasteiger partial charge in [0.1, 0.15) is 6.61 Å². The van der Waals surface area contributed by atoms with Crippen LogP contribution in [0.15, 0.2) is 97.2 Å². The summed E-state index contributed by atoms with van der Waals surface area (Å²) in [5, 5.41) is 9.60. The van der Waals surface area contributed by atoms with Crippen LogP contribution >= 0.6 is 0 Å². The molecule has 8 nitrogen and oxygen atoms in total. The van der Waals surface area contributed by atoms with Crippen molar-refractivity contribution in [2.24, 2.45) is 0 Å². The first-order chi connectivity index (χ1) is 26.1. The van der Waals surface area contributed by atoms with Gasteiger partial charge in [-0.1, -0.05) is 130 Å². The number of carbonyl (C=O) groups is 3. The van der Waals surface area contributed by atoms with Crippen LogP contribution in [0.25, 0.3) is 0 Å². The Bertz CT molecular complexity index is 1200. The van der Waals surface area contributed by atoms with E-state index in [1.807, 2.05) is 27.2 Å². The Hall–Kier alpha value is -3.75. The van der Waals surface area contributed by atoms with Crippen LogP contribution in [0.4, 0.5) is 0 Å². The van der Waals surface area contributed by atoms with Gasteiger partial charge in [0, 0.05) is 12.8 Å². The zero-order valence-corrected chi connectivity index (χ0v) is 34.4. The van der Waals surface area contributed by atoms with Gasteiger partial charge >= 0.3 is 17.9 Å². The van der Waals surface area contributed by atoms with Gasteiger partial charge in [-0.05, 0) is 70.6 Å². The van der Waals surface area contributed by atoms with Gasteiger partial charge in [0.2, 0.25) is 0 Å². The third-order valence-electron chi connectivity index (χ3n) is 8.26. The molecule has 8 heteroatoms. The number of aliphatic carboxylic acids is 1. The van der Waals surface area contributed by atoms with E-state index in [4.69, 9.17) is 14.2 Å². The third-order valence-corrected chi connectivity index (χ3v) is 8.26. The summed E-state index contributed by atoms with van der Waals surface area (Å²) in [6.07, 6.45) is 47.7. The summed E-state index contributed by atoms with van der Waals surface area (Å²) < 4.78 is 17.1. The summed E-state index contributed by atoms with van der Waals surface area (Å²) >= 11 is 0. The summed E-state index contributed by atoms with van der Waals surface area (Å²) in [5.74, 6) is -1.67. The lowest BCUT2D eigenvalue weighted by molar-refractivity contribution is -0.887. The van der Waals surface area contributed by atoms with E-state index in [0.717, 1.165) is 83.5 Å². The summed E-state index contributed by atoms with van der Waals surface area (Å²) in [4.78, 5) is 36.8. The standard InChI is InChI=1S/C46H73NO7/c1-6-8-10-12-14-16-18-20-22-24-26-28-30-32-34-36-44(48)53-41-42(40-52-39-38-43(46(50)51)47(3,4)5)54-45(49)37-35-33-31-29-27-25-23-21-19-17-15-13-11-9-7-2/h8-11,14-17,20-23,27,29,33,35,42-43H,6-7,12-13,18-19,24-26,28,30-32,34,36-41H2,1-5H3/p+1/b10-8-,11-9-,16-14-,17-15-,22-20-,23-21-,29-27-,35-33-. The molecule has 0 aromatic carbocycles. The molecule has 0 bridgehead atoms. The molecule has 54 heavy (non-hydrogen) atoms. The molecule has 0 amide bonds. The highest BCUT2D eigenvalue weighted by Crippen LogP contribution is 2.11. The molecule has 2 atom stereocenters. The predicted octanol–water partition coefficient (Wildman–Crippen LogP) is 10.7. The molecule has 1 N–H and O–H groups in total. The number of likely N-dealkylation sites (N-methyl/N-ethyl adjacent to an activating group) is 1. The lowest BCUT2D eigenvalue weighted by Gasteiger charge is -2.31. The highest BCUT2D eigenvalue weighted by molar-refractivity contribution is 5.72. The highest BCUT2D eigenvalue weighted by atomic mass is 16.6. The quantitative estimate of drug-likeness (QED) is 0.0302. The molecule has 0 aliphatic heterocycles. The topological polar surface area (TPSA) is 99.1 Å².